The van der Waals surface area contributed by atoms with Crippen LogP contribution in [0.3, 0.4) is 0 Å². The number of rotatable bonds is 2. The SMILES string of the molecule is Cc1ccnc(C(=O)N2CCCC3(CC2)CN(c2cccc(F)c2)C(=O)CO3)n1. The Morgan fingerprint density at radius 3 is 2.90 bits per heavy atom. The Bertz CT molecular complexity index is 938. The number of aromatic nitrogens is 2. The third-order valence-corrected chi connectivity index (χ3v) is 5.54. The highest BCUT2D eigenvalue weighted by Crippen LogP contribution is 2.33. The van der Waals surface area contributed by atoms with Gasteiger partial charge in [0.05, 0.1) is 12.1 Å². The monoisotopic (exact) mass is 398 g/mol. The summed E-state index contributed by atoms with van der Waals surface area (Å²) in [6.45, 7) is 3.18. The fourth-order valence-electron chi connectivity index (χ4n) is 3.96. The Hall–Kier alpha value is -2.87. The predicted molar refractivity (Wildman–Crippen MR) is 104 cm³/mol. The molecule has 2 aliphatic heterocycles. The number of halogens is 1. The van der Waals surface area contributed by atoms with Gasteiger partial charge in [0.1, 0.15) is 12.4 Å². The number of hydrogen-bond donors (Lipinski definition) is 0. The zero-order valence-corrected chi connectivity index (χ0v) is 16.3. The second kappa shape index (κ2) is 7.87. The van der Waals surface area contributed by atoms with Crippen LogP contribution in [0, 0.1) is 12.7 Å². The van der Waals surface area contributed by atoms with Crippen molar-refractivity contribution in [2.75, 3.05) is 31.1 Å². The number of ether oxygens (including phenoxy) is 1. The van der Waals surface area contributed by atoms with E-state index in [1.807, 2.05) is 6.92 Å². The van der Waals surface area contributed by atoms with E-state index in [2.05, 4.69) is 9.97 Å². The van der Waals surface area contributed by atoms with Crippen LogP contribution in [-0.2, 0) is 9.53 Å². The van der Waals surface area contributed by atoms with Gasteiger partial charge < -0.3 is 14.5 Å². The van der Waals surface area contributed by atoms with Crippen LogP contribution in [0.1, 0.15) is 35.6 Å². The Morgan fingerprint density at radius 1 is 1.24 bits per heavy atom. The van der Waals surface area contributed by atoms with Crippen LogP contribution >= 0.6 is 0 Å². The van der Waals surface area contributed by atoms with Gasteiger partial charge in [-0.15, -0.1) is 0 Å². The topological polar surface area (TPSA) is 75.6 Å². The summed E-state index contributed by atoms with van der Waals surface area (Å²) in [5, 5.41) is 0. The van der Waals surface area contributed by atoms with Crippen molar-refractivity contribution in [3.8, 4) is 0 Å². The van der Waals surface area contributed by atoms with E-state index in [0.717, 1.165) is 12.1 Å². The maximum atomic E-state index is 13.7. The van der Waals surface area contributed by atoms with Gasteiger partial charge in [0.15, 0.2) is 0 Å². The molecular weight excluding hydrogens is 375 g/mol. The van der Waals surface area contributed by atoms with Crippen molar-refractivity contribution in [3.05, 3.63) is 53.9 Å². The van der Waals surface area contributed by atoms with Crippen LogP contribution in [0.15, 0.2) is 36.5 Å². The van der Waals surface area contributed by atoms with E-state index in [9.17, 15) is 14.0 Å². The quantitative estimate of drug-likeness (QED) is 0.776. The van der Waals surface area contributed by atoms with E-state index in [4.69, 9.17) is 4.74 Å². The van der Waals surface area contributed by atoms with Crippen molar-refractivity contribution >= 4 is 17.5 Å². The lowest BCUT2D eigenvalue weighted by Gasteiger charge is -2.42. The number of aryl methyl sites for hydroxylation is 1. The summed E-state index contributed by atoms with van der Waals surface area (Å²) < 4.78 is 19.6. The molecule has 2 fully saturated rings. The van der Waals surface area contributed by atoms with E-state index in [0.29, 0.717) is 38.2 Å². The van der Waals surface area contributed by atoms with Crippen LogP contribution < -0.4 is 4.90 Å². The molecule has 7 nitrogen and oxygen atoms in total. The molecule has 29 heavy (non-hydrogen) atoms. The Morgan fingerprint density at radius 2 is 2.10 bits per heavy atom. The molecule has 0 radical (unpaired) electrons. The summed E-state index contributed by atoms with van der Waals surface area (Å²) >= 11 is 0. The maximum Gasteiger partial charge on any atom is 0.291 e. The number of nitrogens with zero attached hydrogens (tertiary/aromatic N) is 4. The zero-order chi connectivity index (χ0) is 20.4. The van der Waals surface area contributed by atoms with Gasteiger partial charge in [0.2, 0.25) is 5.82 Å². The van der Waals surface area contributed by atoms with Gasteiger partial charge in [-0.2, -0.15) is 0 Å². The Kier molecular flexibility index (Phi) is 5.27. The standard InChI is InChI=1S/C21H23FN4O3/c1-15-6-9-23-19(24-15)20(28)25-10-3-7-21(8-11-25)14-26(18(27)13-29-21)17-5-2-4-16(22)12-17/h2,4-6,9,12H,3,7-8,10-11,13-14H2,1H3. The molecular formula is C21H23FN4O3. The van der Waals surface area contributed by atoms with Crippen LogP contribution in [0.2, 0.25) is 0 Å². The van der Waals surface area contributed by atoms with Crippen LogP contribution in [-0.4, -0.2) is 58.5 Å². The second-order valence-electron chi connectivity index (χ2n) is 7.60. The second-order valence-corrected chi connectivity index (χ2v) is 7.60. The molecule has 3 heterocycles. The van der Waals surface area contributed by atoms with Crippen molar-refractivity contribution in [1.82, 2.24) is 14.9 Å². The van der Waals surface area contributed by atoms with Gasteiger partial charge in [-0.1, -0.05) is 6.07 Å². The maximum absolute atomic E-state index is 13.7. The fraction of sp³-hybridized carbons (Fsp3) is 0.429. The van der Waals surface area contributed by atoms with E-state index in [1.165, 1.54) is 12.1 Å². The van der Waals surface area contributed by atoms with E-state index in [1.54, 1.807) is 34.2 Å². The summed E-state index contributed by atoms with van der Waals surface area (Å²) in [5.41, 5.74) is 0.723. The first kappa shape index (κ1) is 19.4. The Balaban J connectivity index is 1.49. The first-order valence-corrected chi connectivity index (χ1v) is 9.75. The number of carbonyl (C=O) groups excluding carboxylic acids is 2. The summed E-state index contributed by atoms with van der Waals surface area (Å²) in [7, 11) is 0. The molecule has 1 aromatic heterocycles. The highest BCUT2D eigenvalue weighted by Gasteiger charge is 2.42. The molecule has 0 aliphatic carbocycles. The molecule has 2 saturated heterocycles. The third kappa shape index (κ3) is 4.12. The summed E-state index contributed by atoms with van der Waals surface area (Å²) in [5.74, 6) is -0.570. The van der Waals surface area contributed by atoms with Gasteiger partial charge >= 0.3 is 0 Å². The molecule has 0 saturated carbocycles. The first-order chi connectivity index (χ1) is 14.0. The molecule has 0 bridgehead atoms. The van der Waals surface area contributed by atoms with Crippen molar-refractivity contribution in [2.45, 2.75) is 31.8 Å². The number of likely N-dealkylation sites (tertiary alicyclic amines) is 1. The number of anilines is 1. The molecule has 0 N–H and O–H groups in total. The molecule has 2 aliphatic rings. The first-order valence-electron chi connectivity index (χ1n) is 9.75. The molecule has 2 aromatic rings. The average Bonchev–Trinajstić information content (AvgIpc) is 2.92. The van der Waals surface area contributed by atoms with Gasteiger partial charge in [-0.3, -0.25) is 9.59 Å². The van der Waals surface area contributed by atoms with Gasteiger partial charge in [-0.05, 0) is 50.5 Å². The average molecular weight is 398 g/mol. The minimum absolute atomic E-state index is 0.0501. The van der Waals surface area contributed by atoms with Crippen molar-refractivity contribution < 1.29 is 18.7 Å². The van der Waals surface area contributed by atoms with E-state index in [-0.39, 0.29) is 30.1 Å². The molecule has 1 unspecified atom stereocenters. The highest BCUT2D eigenvalue weighted by atomic mass is 19.1. The van der Waals surface area contributed by atoms with E-state index < -0.39 is 5.60 Å². The molecule has 8 heteroatoms. The molecule has 1 spiro atoms. The minimum atomic E-state index is -0.553. The van der Waals surface area contributed by atoms with Crippen LogP contribution in [0.5, 0.6) is 0 Å². The smallest absolute Gasteiger partial charge is 0.291 e. The lowest BCUT2D eigenvalue weighted by Crippen LogP contribution is -2.55. The molecule has 2 amide bonds. The predicted octanol–water partition coefficient (Wildman–Crippen LogP) is 2.35. The number of hydrogen-bond acceptors (Lipinski definition) is 5. The Labute approximate surface area is 168 Å². The molecule has 4 rings (SSSR count). The van der Waals surface area contributed by atoms with Crippen LogP contribution in [0.25, 0.3) is 0 Å². The third-order valence-electron chi connectivity index (χ3n) is 5.54. The van der Waals surface area contributed by atoms with Crippen molar-refractivity contribution in [1.29, 1.82) is 0 Å². The highest BCUT2D eigenvalue weighted by molar-refractivity contribution is 5.95. The van der Waals surface area contributed by atoms with Crippen molar-refractivity contribution in [2.24, 2.45) is 0 Å². The molecule has 1 aromatic carbocycles. The minimum Gasteiger partial charge on any atom is -0.363 e. The van der Waals surface area contributed by atoms with Gasteiger partial charge in [-0.25, -0.2) is 14.4 Å². The summed E-state index contributed by atoms with van der Waals surface area (Å²) in [6, 6.07) is 7.78. The fourth-order valence-corrected chi connectivity index (χ4v) is 3.96. The number of carbonyl (C=O) groups is 2. The van der Waals surface area contributed by atoms with Crippen LogP contribution in [0.4, 0.5) is 10.1 Å². The molecule has 1 atom stereocenters. The number of amides is 2. The zero-order valence-electron chi connectivity index (χ0n) is 16.3. The lowest BCUT2D eigenvalue weighted by atomic mass is 9.92. The van der Waals surface area contributed by atoms with Gasteiger partial charge in [0.25, 0.3) is 11.8 Å². The number of morpholine rings is 1. The largest absolute Gasteiger partial charge is 0.363 e. The summed E-state index contributed by atoms with van der Waals surface area (Å²) in [6.07, 6.45) is 3.62. The van der Waals surface area contributed by atoms with E-state index >= 15 is 0 Å². The lowest BCUT2D eigenvalue weighted by molar-refractivity contribution is -0.140. The van der Waals surface area contributed by atoms with Crippen molar-refractivity contribution in [3.63, 3.8) is 0 Å². The normalized spacial score (nSPS) is 22.6. The number of benzene rings is 1. The molecule has 152 valence electrons. The van der Waals surface area contributed by atoms with Gasteiger partial charge in [0, 0.05) is 30.7 Å². The summed E-state index contributed by atoms with van der Waals surface area (Å²) in [4.78, 5) is 36.9.